The van der Waals surface area contributed by atoms with Gasteiger partial charge in [-0.1, -0.05) is 115 Å². The Kier molecular flexibility index (Phi) is 6.54. The van der Waals surface area contributed by atoms with Crippen LogP contribution in [-0.2, 0) is 27.3 Å². The van der Waals surface area contributed by atoms with Gasteiger partial charge in [0.1, 0.15) is 12.1 Å². The van der Waals surface area contributed by atoms with Gasteiger partial charge in [-0.15, -0.1) is 0 Å². The highest BCUT2D eigenvalue weighted by Gasteiger charge is 2.55. The molecule has 0 N–H and O–H groups in total. The predicted octanol–water partition coefficient (Wildman–Crippen LogP) is 6.55. The van der Waals surface area contributed by atoms with Crippen LogP contribution in [0.5, 0.6) is 0 Å². The van der Waals surface area contributed by atoms with Crippen LogP contribution in [-0.4, -0.2) is 22.5 Å². The molecule has 1 fully saturated rings. The van der Waals surface area contributed by atoms with Crippen molar-refractivity contribution in [2.75, 3.05) is 0 Å². The molecule has 1 aliphatic heterocycles. The molecule has 2 atom stereocenters. The Bertz CT molecular complexity index is 1320. The Morgan fingerprint density at radius 2 is 1.33 bits per heavy atom. The molecule has 0 aromatic heterocycles. The average Bonchev–Trinajstić information content (AvgIpc) is 3.19. The Morgan fingerprint density at radius 1 is 0.778 bits per heavy atom. The number of benzene rings is 4. The second-order valence-corrected chi connectivity index (χ2v) is 9.09. The summed E-state index contributed by atoms with van der Waals surface area (Å²) >= 11 is 0. The van der Waals surface area contributed by atoms with Gasteiger partial charge in [0.2, 0.25) is 6.23 Å². The molecule has 4 aromatic carbocycles. The fraction of sp³-hybridized carbons (Fsp3) is 0.161. The van der Waals surface area contributed by atoms with Crippen molar-refractivity contribution in [2.24, 2.45) is 0 Å². The van der Waals surface area contributed by atoms with Gasteiger partial charge in [0, 0.05) is 12.0 Å². The zero-order chi connectivity index (χ0) is 25.0. The lowest BCUT2D eigenvalue weighted by Crippen LogP contribution is -2.51. The fourth-order valence-corrected chi connectivity index (χ4v) is 4.56. The maximum atomic E-state index is 13.5. The van der Waals surface area contributed by atoms with Gasteiger partial charge >= 0.3 is 12.1 Å². The van der Waals surface area contributed by atoms with Crippen LogP contribution in [0.1, 0.15) is 29.8 Å². The van der Waals surface area contributed by atoms with Crippen molar-refractivity contribution in [3.63, 3.8) is 0 Å². The van der Waals surface area contributed by atoms with Crippen molar-refractivity contribution in [3.05, 3.63) is 132 Å². The monoisotopic (exact) mass is 477 g/mol. The van der Waals surface area contributed by atoms with Crippen LogP contribution in [0.25, 0.3) is 11.1 Å². The number of carbonyl (C=O) groups excluding carboxylic acids is 2. The molecular formula is C31H27NO4. The Balaban J connectivity index is 1.43. The van der Waals surface area contributed by atoms with Gasteiger partial charge in [-0.05, 0) is 29.2 Å². The third-order valence-electron chi connectivity index (χ3n) is 6.52. The van der Waals surface area contributed by atoms with E-state index in [1.807, 2.05) is 103 Å². The first kappa shape index (κ1) is 23.4. The Labute approximate surface area is 210 Å². The van der Waals surface area contributed by atoms with Crippen LogP contribution in [0.4, 0.5) is 4.79 Å². The van der Waals surface area contributed by atoms with Crippen molar-refractivity contribution in [2.45, 2.75) is 31.7 Å². The van der Waals surface area contributed by atoms with Gasteiger partial charge in [-0.2, -0.15) is 0 Å². The van der Waals surface area contributed by atoms with Crippen molar-refractivity contribution in [3.8, 4) is 11.1 Å². The van der Waals surface area contributed by atoms with Gasteiger partial charge in [0.05, 0.1) is 0 Å². The van der Waals surface area contributed by atoms with Crippen molar-refractivity contribution < 1.29 is 19.1 Å². The fourth-order valence-electron chi connectivity index (χ4n) is 4.56. The topological polar surface area (TPSA) is 55.8 Å². The second kappa shape index (κ2) is 10.1. The summed E-state index contributed by atoms with van der Waals surface area (Å²) in [5.74, 6) is -0.458. The molecule has 1 aliphatic rings. The van der Waals surface area contributed by atoms with Crippen LogP contribution in [0.15, 0.2) is 115 Å². The summed E-state index contributed by atoms with van der Waals surface area (Å²) in [6.07, 6.45) is -1.16. The average molecular weight is 478 g/mol. The van der Waals surface area contributed by atoms with Crippen molar-refractivity contribution in [1.82, 2.24) is 4.90 Å². The molecule has 0 aliphatic carbocycles. The molecule has 4 aromatic rings. The summed E-state index contributed by atoms with van der Waals surface area (Å²) in [7, 11) is 0. The van der Waals surface area contributed by atoms with Gasteiger partial charge in [-0.25, -0.2) is 9.59 Å². The van der Waals surface area contributed by atoms with Crippen LogP contribution >= 0.6 is 0 Å². The zero-order valence-corrected chi connectivity index (χ0v) is 20.0. The van der Waals surface area contributed by atoms with E-state index in [9.17, 15) is 9.59 Å². The molecule has 0 bridgehead atoms. The summed E-state index contributed by atoms with van der Waals surface area (Å²) in [6, 6.07) is 36.9. The summed E-state index contributed by atoms with van der Waals surface area (Å²) < 4.78 is 11.5. The molecule has 0 spiro atoms. The minimum Gasteiger partial charge on any atom is -0.444 e. The first-order valence-corrected chi connectivity index (χ1v) is 11.9. The molecule has 1 saturated heterocycles. The molecule has 1 heterocycles. The maximum Gasteiger partial charge on any atom is 0.414 e. The number of carbonyl (C=O) groups is 2. The highest BCUT2D eigenvalue weighted by molar-refractivity contribution is 5.89. The zero-order valence-electron chi connectivity index (χ0n) is 20.0. The van der Waals surface area contributed by atoms with Gasteiger partial charge in [0.25, 0.3) is 0 Å². The third kappa shape index (κ3) is 4.73. The molecule has 0 radical (unpaired) electrons. The normalized spacial score (nSPS) is 19.1. The number of nitrogens with zero attached hydrogens (tertiary/aromatic N) is 1. The molecule has 1 amide bonds. The van der Waals surface area contributed by atoms with E-state index in [0.717, 1.165) is 22.3 Å². The molecule has 0 saturated carbocycles. The number of hydrogen-bond acceptors (Lipinski definition) is 4. The van der Waals surface area contributed by atoms with E-state index in [1.165, 1.54) is 4.90 Å². The highest BCUT2D eigenvalue weighted by Crippen LogP contribution is 2.41. The lowest BCUT2D eigenvalue weighted by Gasteiger charge is -2.33. The summed E-state index contributed by atoms with van der Waals surface area (Å²) in [4.78, 5) is 28.2. The third-order valence-corrected chi connectivity index (χ3v) is 6.52. The van der Waals surface area contributed by atoms with E-state index >= 15 is 0 Å². The highest BCUT2D eigenvalue weighted by atomic mass is 16.6. The lowest BCUT2D eigenvalue weighted by molar-refractivity contribution is -0.145. The standard InChI is InChI=1S/C31H27NO4/c1-31(21-23-17-19-26(20-18-23)25-13-7-3-8-14-25)29(33)36-28(27-15-9-4-10-16-27)32(31)30(34)35-22-24-11-5-2-6-12-24/h2-20,28H,21-22H2,1H3/t28-,31+/m1/s1. The molecule has 5 rings (SSSR count). The number of cyclic esters (lactones) is 1. The SMILES string of the molecule is C[C@]1(Cc2ccc(-c3ccccc3)cc2)C(=O)O[C@H](c2ccccc2)N1C(=O)OCc1ccccc1. The number of amides is 1. The largest absolute Gasteiger partial charge is 0.444 e. The van der Waals surface area contributed by atoms with Gasteiger partial charge < -0.3 is 9.47 Å². The number of rotatable bonds is 6. The molecule has 180 valence electrons. The van der Waals surface area contributed by atoms with Crippen LogP contribution in [0.2, 0.25) is 0 Å². The molecule has 36 heavy (non-hydrogen) atoms. The van der Waals surface area contributed by atoms with E-state index in [0.29, 0.717) is 12.0 Å². The van der Waals surface area contributed by atoms with Crippen molar-refractivity contribution in [1.29, 1.82) is 0 Å². The number of ether oxygens (including phenoxy) is 2. The van der Waals surface area contributed by atoms with E-state index < -0.39 is 23.8 Å². The minimum absolute atomic E-state index is 0.105. The van der Waals surface area contributed by atoms with Crippen LogP contribution in [0, 0.1) is 0 Å². The Hall–Kier alpha value is -4.38. The van der Waals surface area contributed by atoms with E-state index in [4.69, 9.17) is 9.47 Å². The van der Waals surface area contributed by atoms with E-state index in [-0.39, 0.29) is 6.61 Å². The van der Waals surface area contributed by atoms with E-state index in [1.54, 1.807) is 6.92 Å². The van der Waals surface area contributed by atoms with Gasteiger partial charge in [0.15, 0.2) is 0 Å². The summed E-state index contributed by atoms with van der Waals surface area (Å²) in [5, 5.41) is 0. The number of hydrogen-bond donors (Lipinski definition) is 0. The van der Waals surface area contributed by atoms with Crippen molar-refractivity contribution >= 4 is 12.1 Å². The molecular weight excluding hydrogens is 450 g/mol. The maximum absolute atomic E-state index is 13.5. The predicted molar refractivity (Wildman–Crippen MR) is 138 cm³/mol. The molecule has 5 heteroatoms. The van der Waals surface area contributed by atoms with Gasteiger partial charge in [-0.3, -0.25) is 4.90 Å². The molecule has 0 unspecified atom stereocenters. The Morgan fingerprint density at radius 3 is 1.97 bits per heavy atom. The summed E-state index contributed by atoms with van der Waals surface area (Å²) in [5.41, 5.74) is 3.47. The van der Waals surface area contributed by atoms with Crippen LogP contribution in [0.3, 0.4) is 0 Å². The second-order valence-electron chi connectivity index (χ2n) is 9.09. The van der Waals surface area contributed by atoms with E-state index in [2.05, 4.69) is 12.1 Å². The first-order valence-electron chi connectivity index (χ1n) is 11.9. The quantitative estimate of drug-likeness (QED) is 0.296. The first-order chi connectivity index (χ1) is 17.5. The lowest BCUT2D eigenvalue weighted by atomic mass is 9.90. The minimum atomic E-state index is -1.23. The smallest absolute Gasteiger partial charge is 0.414 e. The number of esters is 1. The molecule has 5 nitrogen and oxygen atoms in total. The van der Waals surface area contributed by atoms with Crippen LogP contribution < -0.4 is 0 Å². The summed E-state index contributed by atoms with van der Waals surface area (Å²) in [6.45, 7) is 1.85.